The molecule has 1 amide bonds. The van der Waals surface area contributed by atoms with E-state index in [4.69, 9.17) is 28.3 Å². The number of fused-ring (bicyclic) bond motifs is 2. The van der Waals surface area contributed by atoms with Crippen molar-refractivity contribution in [3.05, 3.63) is 63.4 Å². The van der Waals surface area contributed by atoms with Crippen molar-refractivity contribution in [2.24, 2.45) is 11.8 Å². The van der Waals surface area contributed by atoms with Crippen LogP contribution in [0.1, 0.15) is 26.5 Å². The molecule has 6 nitrogen and oxygen atoms in total. The molecule has 9 heteroatoms. The predicted molar refractivity (Wildman–Crippen MR) is 124 cm³/mol. The molecule has 3 atom stereocenters. The summed E-state index contributed by atoms with van der Waals surface area (Å²) in [5.74, 6) is -0.332. The van der Waals surface area contributed by atoms with E-state index in [1.165, 1.54) is 0 Å². The second-order valence-corrected chi connectivity index (χ2v) is 8.79. The first-order valence-electron chi connectivity index (χ1n) is 9.70. The van der Waals surface area contributed by atoms with Crippen LogP contribution >= 0.6 is 23.2 Å². The quantitative estimate of drug-likeness (QED) is 0.528. The van der Waals surface area contributed by atoms with Gasteiger partial charge < -0.3 is 20.3 Å². The maximum absolute atomic E-state index is 12.5. The first kappa shape index (κ1) is 22.1. The third-order valence-electron chi connectivity index (χ3n) is 6.21. The molecule has 3 aromatic rings. The number of benzene rings is 2. The van der Waals surface area contributed by atoms with Crippen molar-refractivity contribution in [2.75, 3.05) is 18.0 Å². The Morgan fingerprint density at radius 1 is 1.06 bits per heavy atom. The van der Waals surface area contributed by atoms with Crippen LogP contribution in [0, 0.1) is 18.8 Å². The molecule has 1 saturated heterocycles. The van der Waals surface area contributed by atoms with Gasteiger partial charge in [0.05, 0.1) is 15.6 Å². The van der Waals surface area contributed by atoms with Gasteiger partial charge in [-0.3, -0.25) is 4.79 Å². The molecule has 0 bridgehead atoms. The van der Waals surface area contributed by atoms with Crippen LogP contribution in [-0.2, 0) is 0 Å². The van der Waals surface area contributed by atoms with Gasteiger partial charge in [0.2, 0.25) is 0 Å². The SMILES string of the molecule is Cc1[nH]c(C(=O)NC2[C@H]3CN(c4ccc5cc(C(=O)O)ccc5c4)C[C@@H]23)c(Cl)c1Cl.[LiH]. The zero-order valence-corrected chi connectivity index (χ0v) is 17.6. The summed E-state index contributed by atoms with van der Waals surface area (Å²) in [6.07, 6.45) is 0. The Morgan fingerprint density at radius 3 is 2.32 bits per heavy atom. The summed E-state index contributed by atoms with van der Waals surface area (Å²) in [5, 5.41) is 14.8. The zero-order chi connectivity index (χ0) is 21.2. The number of H-pyrrole nitrogens is 1. The van der Waals surface area contributed by atoms with Crippen molar-refractivity contribution in [3.63, 3.8) is 0 Å². The van der Waals surface area contributed by atoms with E-state index >= 15 is 0 Å². The first-order chi connectivity index (χ1) is 14.3. The molecule has 0 spiro atoms. The molecule has 0 radical (unpaired) electrons. The fourth-order valence-electron chi connectivity index (χ4n) is 4.47. The molecule has 31 heavy (non-hydrogen) atoms. The van der Waals surface area contributed by atoms with E-state index in [9.17, 15) is 9.59 Å². The molecular weight excluding hydrogens is 432 g/mol. The van der Waals surface area contributed by atoms with Gasteiger partial charge in [-0.25, -0.2) is 4.79 Å². The minimum absolute atomic E-state index is 0. The van der Waals surface area contributed by atoms with Gasteiger partial charge >= 0.3 is 24.8 Å². The van der Waals surface area contributed by atoms with Crippen molar-refractivity contribution in [3.8, 4) is 0 Å². The van der Waals surface area contributed by atoms with E-state index in [-0.39, 0.29) is 41.4 Å². The van der Waals surface area contributed by atoms with Crippen LogP contribution in [0.25, 0.3) is 10.8 Å². The van der Waals surface area contributed by atoms with Crippen molar-refractivity contribution < 1.29 is 14.7 Å². The Kier molecular flexibility index (Phi) is 5.78. The number of carboxylic acid groups (broad SMARTS) is 1. The van der Waals surface area contributed by atoms with Gasteiger partial charge in [-0.05, 0) is 42.0 Å². The van der Waals surface area contributed by atoms with Gasteiger partial charge in [-0.2, -0.15) is 0 Å². The average Bonchev–Trinajstić information content (AvgIpc) is 3.06. The molecule has 1 aromatic heterocycles. The Hall–Kier alpha value is -2.10. The molecule has 2 heterocycles. The third-order valence-corrected chi connectivity index (χ3v) is 7.16. The summed E-state index contributed by atoms with van der Waals surface area (Å²) in [6, 6.07) is 11.4. The van der Waals surface area contributed by atoms with Gasteiger partial charge in [-0.1, -0.05) is 35.3 Å². The number of piperidine rings is 1. The van der Waals surface area contributed by atoms with E-state index < -0.39 is 5.97 Å². The fourth-order valence-corrected chi connectivity index (χ4v) is 4.88. The van der Waals surface area contributed by atoms with Gasteiger partial charge in [0.15, 0.2) is 0 Å². The van der Waals surface area contributed by atoms with Crippen LogP contribution in [0.15, 0.2) is 36.4 Å². The number of aromatic nitrogens is 1. The summed E-state index contributed by atoms with van der Waals surface area (Å²) in [7, 11) is 0. The van der Waals surface area contributed by atoms with E-state index in [0.29, 0.717) is 28.2 Å². The number of rotatable bonds is 4. The van der Waals surface area contributed by atoms with Crippen LogP contribution < -0.4 is 10.2 Å². The number of carboxylic acids is 1. The first-order valence-corrected chi connectivity index (χ1v) is 10.5. The maximum atomic E-state index is 12.5. The number of aryl methyl sites for hydroxylation is 1. The number of hydrogen-bond donors (Lipinski definition) is 3. The monoisotopic (exact) mass is 451 g/mol. The molecule has 1 aliphatic heterocycles. The number of nitrogens with one attached hydrogen (secondary N) is 2. The van der Waals surface area contributed by atoms with Gasteiger partial charge in [0.25, 0.3) is 5.91 Å². The van der Waals surface area contributed by atoms with Crippen LogP contribution in [0.3, 0.4) is 0 Å². The molecule has 1 saturated carbocycles. The zero-order valence-electron chi connectivity index (χ0n) is 16.1. The van der Waals surface area contributed by atoms with Crippen LogP contribution in [0.4, 0.5) is 5.69 Å². The number of nitrogens with zero attached hydrogens (tertiary/aromatic N) is 1. The molecule has 2 aromatic carbocycles. The number of carbonyl (C=O) groups excluding carboxylic acids is 1. The number of halogens is 2. The number of hydrogen-bond acceptors (Lipinski definition) is 3. The Bertz CT molecular complexity index is 1200. The number of amides is 1. The van der Waals surface area contributed by atoms with E-state index in [2.05, 4.69) is 21.3 Å². The Balaban J connectivity index is 0.00000231. The minimum atomic E-state index is -0.924. The van der Waals surface area contributed by atoms with Gasteiger partial charge in [0.1, 0.15) is 5.69 Å². The summed E-state index contributed by atoms with van der Waals surface area (Å²) < 4.78 is 0. The standard InChI is InChI=1S/C22H19Cl2N3O3.Li.H/c1-10-17(23)18(24)20(25-10)21(28)26-19-15-8-27(9-16(15)19)14-5-4-11-6-13(22(29)30)3-2-12(11)7-14;;/h2-7,15-16,19,25H,8-9H2,1H3,(H,26,28)(H,29,30);;/t15-,16+,19?;;. The van der Waals surface area contributed by atoms with E-state index in [0.717, 1.165) is 29.5 Å². The summed E-state index contributed by atoms with van der Waals surface area (Å²) in [5.41, 5.74) is 2.39. The predicted octanol–water partition coefficient (Wildman–Crippen LogP) is 3.70. The second kappa shape index (κ2) is 8.11. The fraction of sp³-hybridized carbons (Fsp3) is 0.273. The molecule has 2 aliphatic rings. The van der Waals surface area contributed by atoms with Crippen molar-refractivity contribution >= 4 is 70.4 Å². The number of carbonyl (C=O) groups is 2. The number of anilines is 1. The normalized spacial score (nSPS) is 21.5. The van der Waals surface area contributed by atoms with Crippen molar-refractivity contribution in [1.82, 2.24) is 10.3 Å². The molecule has 5 rings (SSSR count). The molecule has 1 aliphatic carbocycles. The van der Waals surface area contributed by atoms with E-state index in [1.54, 1.807) is 19.1 Å². The number of aromatic carboxylic acids is 1. The van der Waals surface area contributed by atoms with Crippen LogP contribution in [0.2, 0.25) is 10.0 Å². The van der Waals surface area contributed by atoms with Gasteiger partial charge in [-0.15, -0.1) is 0 Å². The third kappa shape index (κ3) is 3.83. The summed E-state index contributed by atoms with van der Waals surface area (Å²) >= 11 is 12.2. The summed E-state index contributed by atoms with van der Waals surface area (Å²) in [6.45, 7) is 3.51. The molecule has 2 fully saturated rings. The number of aromatic amines is 1. The molecule has 156 valence electrons. The van der Waals surface area contributed by atoms with Crippen molar-refractivity contribution in [1.29, 1.82) is 0 Å². The van der Waals surface area contributed by atoms with Crippen LogP contribution in [0.5, 0.6) is 0 Å². The Morgan fingerprint density at radius 2 is 1.71 bits per heavy atom. The molecule has 1 unspecified atom stereocenters. The van der Waals surface area contributed by atoms with E-state index in [1.807, 2.05) is 18.2 Å². The molecule has 3 N–H and O–H groups in total. The topological polar surface area (TPSA) is 85.4 Å². The van der Waals surface area contributed by atoms with Crippen molar-refractivity contribution in [2.45, 2.75) is 13.0 Å². The average molecular weight is 452 g/mol. The van der Waals surface area contributed by atoms with Crippen LogP contribution in [-0.4, -0.2) is 60.0 Å². The molecular formula is C22H20Cl2LiN3O3. The van der Waals surface area contributed by atoms with Gasteiger partial charge in [0, 0.05) is 42.3 Å². The summed E-state index contributed by atoms with van der Waals surface area (Å²) in [4.78, 5) is 28.9. The Labute approximate surface area is 201 Å². The second-order valence-electron chi connectivity index (χ2n) is 8.04.